The third-order valence-electron chi connectivity index (χ3n) is 2.55. The van der Waals surface area contributed by atoms with Crippen molar-refractivity contribution in [1.82, 2.24) is 13.7 Å². The second kappa shape index (κ2) is 5.20. The van der Waals surface area contributed by atoms with E-state index in [9.17, 15) is 0 Å². The Morgan fingerprint density at radius 3 is 2.74 bits per heavy atom. The molecule has 3 rings (SSSR count). The first kappa shape index (κ1) is 13.1. The summed E-state index contributed by atoms with van der Waals surface area (Å²) in [5.74, 6) is 0. The summed E-state index contributed by atoms with van der Waals surface area (Å²) < 4.78 is 8.41. The highest BCUT2D eigenvalue weighted by atomic mass is 35.5. The summed E-state index contributed by atoms with van der Waals surface area (Å²) in [4.78, 5) is 5.36. The molecule has 0 bridgehead atoms. The molecule has 0 unspecified atom stereocenters. The van der Waals surface area contributed by atoms with Crippen LogP contribution in [0.1, 0.15) is 9.88 Å². The fourth-order valence-corrected chi connectivity index (χ4v) is 3.62. The molecule has 4 nitrogen and oxygen atoms in total. The number of anilines is 1. The number of halogens is 2. The van der Waals surface area contributed by atoms with Gasteiger partial charge >= 0.3 is 0 Å². The molecular formula is C11H8Cl2N4S2. The Balaban J connectivity index is 1.94. The highest BCUT2D eigenvalue weighted by molar-refractivity contribution is 7.11. The van der Waals surface area contributed by atoms with E-state index in [0.717, 1.165) is 27.3 Å². The van der Waals surface area contributed by atoms with E-state index in [1.165, 1.54) is 0 Å². The molecule has 0 spiro atoms. The number of rotatable bonds is 3. The van der Waals surface area contributed by atoms with Gasteiger partial charge in [-0.15, -0.1) is 11.3 Å². The smallest absolute Gasteiger partial charge is 0.130 e. The van der Waals surface area contributed by atoms with E-state index in [1.54, 1.807) is 17.4 Å². The molecule has 8 heteroatoms. The number of nitrogens with one attached hydrogen (secondary N) is 1. The minimum Gasteiger partial charge on any atom is -0.377 e. The molecule has 0 atom stereocenters. The second-order valence-electron chi connectivity index (χ2n) is 3.88. The molecule has 0 saturated carbocycles. The average Bonchev–Trinajstić information content (AvgIpc) is 2.98. The number of nitrogens with zero attached hydrogens (tertiary/aromatic N) is 3. The molecule has 0 aliphatic heterocycles. The molecule has 19 heavy (non-hydrogen) atoms. The van der Waals surface area contributed by atoms with E-state index < -0.39 is 0 Å². The molecule has 0 aliphatic rings. The van der Waals surface area contributed by atoms with E-state index in [2.05, 4.69) is 19.0 Å². The molecular weight excluding hydrogens is 323 g/mol. The van der Waals surface area contributed by atoms with Crippen molar-refractivity contribution in [2.24, 2.45) is 0 Å². The van der Waals surface area contributed by atoms with E-state index >= 15 is 0 Å². The summed E-state index contributed by atoms with van der Waals surface area (Å²) in [7, 11) is 0. The van der Waals surface area contributed by atoms with Gasteiger partial charge in [-0.2, -0.15) is 8.75 Å². The molecule has 0 saturated heterocycles. The van der Waals surface area contributed by atoms with Crippen molar-refractivity contribution in [3.63, 3.8) is 0 Å². The van der Waals surface area contributed by atoms with E-state index in [4.69, 9.17) is 23.2 Å². The highest BCUT2D eigenvalue weighted by Crippen LogP contribution is 2.35. The van der Waals surface area contributed by atoms with Crippen LogP contribution >= 0.6 is 46.3 Å². The average molecular weight is 331 g/mol. The summed E-state index contributed by atoms with van der Waals surface area (Å²) in [5.41, 5.74) is 2.16. The fourth-order valence-electron chi connectivity index (χ4n) is 1.70. The van der Waals surface area contributed by atoms with Crippen LogP contribution in [0.15, 0.2) is 12.3 Å². The number of aromatic nitrogens is 3. The fraction of sp³-hybridized carbons (Fsp3) is 0.182. The molecule has 1 N–H and O–H groups in total. The lowest BCUT2D eigenvalue weighted by Gasteiger charge is -2.08. The van der Waals surface area contributed by atoms with Gasteiger partial charge in [0.1, 0.15) is 11.0 Å². The van der Waals surface area contributed by atoms with Crippen LogP contribution in [-0.2, 0) is 6.54 Å². The third kappa shape index (κ3) is 2.53. The van der Waals surface area contributed by atoms with Gasteiger partial charge in [0.15, 0.2) is 0 Å². The van der Waals surface area contributed by atoms with Crippen LogP contribution in [0.2, 0.25) is 10.0 Å². The minimum absolute atomic E-state index is 0.521. The molecule has 3 aromatic rings. The van der Waals surface area contributed by atoms with Gasteiger partial charge in [0.2, 0.25) is 0 Å². The largest absolute Gasteiger partial charge is 0.377 e. The predicted molar refractivity (Wildman–Crippen MR) is 81.6 cm³/mol. The topological polar surface area (TPSA) is 50.7 Å². The van der Waals surface area contributed by atoms with Gasteiger partial charge in [0, 0.05) is 11.1 Å². The van der Waals surface area contributed by atoms with Crippen molar-refractivity contribution in [1.29, 1.82) is 0 Å². The molecule has 2 heterocycles. The molecule has 1 aromatic carbocycles. The monoisotopic (exact) mass is 330 g/mol. The maximum Gasteiger partial charge on any atom is 0.130 e. The summed E-state index contributed by atoms with van der Waals surface area (Å²) in [6.45, 7) is 2.63. The number of hydrogen-bond acceptors (Lipinski definition) is 6. The number of benzene rings is 1. The number of fused-ring (bicyclic) bond motifs is 1. The van der Waals surface area contributed by atoms with E-state index in [1.807, 2.05) is 13.1 Å². The quantitative estimate of drug-likeness (QED) is 0.774. The van der Waals surface area contributed by atoms with Crippen molar-refractivity contribution in [3.8, 4) is 0 Å². The Morgan fingerprint density at radius 1 is 1.21 bits per heavy atom. The van der Waals surface area contributed by atoms with Crippen molar-refractivity contribution < 1.29 is 0 Å². The van der Waals surface area contributed by atoms with Gasteiger partial charge in [0.05, 0.1) is 39.0 Å². The molecule has 0 aliphatic carbocycles. The summed E-state index contributed by atoms with van der Waals surface area (Å²) in [6.07, 6.45) is 1.85. The van der Waals surface area contributed by atoms with E-state index in [0.29, 0.717) is 27.6 Å². The summed E-state index contributed by atoms with van der Waals surface area (Å²) in [5, 5.41) is 5.39. The van der Waals surface area contributed by atoms with Crippen LogP contribution in [0.5, 0.6) is 0 Å². The zero-order chi connectivity index (χ0) is 13.4. The summed E-state index contributed by atoms with van der Waals surface area (Å²) >= 11 is 15.1. The number of thiazole rings is 1. The standard InChI is InChI=1S/C11H8Cl2N4S2/c1-5-14-3-6(18-5)4-15-9-7(12)2-8(13)10-11(9)17-19-16-10/h2-3,15H,4H2,1H3. The van der Waals surface area contributed by atoms with Gasteiger partial charge < -0.3 is 5.32 Å². The predicted octanol–water partition coefficient (Wildman–Crippen LogP) is 4.38. The maximum atomic E-state index is 6.21. The van der Waals surface area contributed by atoms with Crippen LogP contribution < -0.4 is 5.32 Å². The first-order valence-electron chi connectivity index (χ1n) is 5.40. The SMILES string of the molecule is Cc1ncc(CNc2c(Cl)cc(Cl)c3nsnc23)s1. The lowest BCUT2D eigenvalue weighted by atomic mass is 10.2. The van der Waals surface area contributed by atoms with E-state index in [-0.39, 0.29) is 0 Å². The van der Waals surface area contributed by atoms with Crippen LogP contribution in [0.4, 0.5) is 5.69 Å². The number of aryl methyl sites for hydroxylation is 1. The normalized spacial score (nSPS) is 11.1. The Kier molecular flexibility index (Phi) is 3.58. The van der Waals surface area contributed by atoms with Crippen LogP contribution in [0.3, 0.4) is 0 Å². The molecule has 0 amide bonds. The van der Waals surface area contributed by atoms with Crippen molar-refractivity contribution >= 4 is 63.0 Å². The Morgan fingerprint density at radius 2 is 2.00 bits per heavy atom. The molecule has 0 radical (unpaired) electrons. The van der Waals surface area contributed by atoms with Crippen molar-refractivity contribution in [2.45, 2.75) is 13.5 Å². The van der Waals surface area contributed by atoms with Gasteiger partial charge in [0.25, 0.3) is 0 Å². The lowest BCUT2D eigenvalue weighted by Crippen LogP contribution is -1.99. The van der Waals surface area contributed by atoms with Gasteiger partial charge in [-0.1, -0.05) is 23.2 Å². The van der Waals surface area contributed by atoms with Gasteiger partial charge in [-0.3, -0.25) is 0 Å². The summed E-state index contributed by atoms with van der Waals surface area (Å²) in [6, 6.07) is 1.69. The third-order valence-corrected chi connectivity index (χ3v) is 4.58. The maximum absolute atomic E-state index is 6.21. The van der Waals surface area contributed by atoms with Gasteiger partial charge in [-0.25, -0.2) is 4.98 Å². The first-order chi connectivity index (χ1) is 9.15. The van der Waals surface area contributed by atoms with Crippen LogP contribution in [-0.4, -0.2) is 13.7 Å². The number of hydrogen-bond donors (Lipinski definition) is 1. The Bertz CT molecular complexity index is 737. The van der Waals surface area contributed by atoms with Crippen molar-refractivity contribution in [2.75, 3.05) is 5.32 Å². The molecule has 2 aromatic heterocycles. The first-order valence-corrected chi connectivity index (χ1v) is 7.71. The zero-order valence-electron chi connectivity index (χ0n) is 9.78. The van der Waals surface area contributed by atoms with Crippen LogP contribution in [0, 0.1) is 6.92 Å². The second-order valence-corrected chi connectivity index (χ2v) is 6.54. The highest BCUT2D eigenvalue weighted by Gasteiger charge is 2.14. The Labute approximate surface area is 127 Å². The molecule has 0 fully saturated rings. The van der Waals surface area contributed by atoms with Crippen molar-refractivity contribution in [3.05, 3.63) is 32.2 Å². The lowest BCUT2D eigenvalue weighted by molar-refractivity contribution is 1.17. The molecule has 98 valence electrons. The Hall–Kier alpha value is -0.950. The minimum atomic E-state index is 0.521. The zero-order valence-corrected chi connectivity index (χ0v) is 12.9. The van der Waals surface area contributed by atoms with Crippen LogP contribution in [0.25, 0.3) is 11.0 Å². The van der Waals surface area contributed by atoms with Gasteiger partial charge in [-0.05, 0) is 13.0 Å².